The van der Waals surface area contributed by atoms with Gasteiger partial charge in [-0.05, 0) is 49.2 Å². The second kappa shape index (κ2) is 9.47. The number of likely N-dealkylation sites (tertiary alicyclic amines) is 1. The van der Waals surface area contributed by atoms with Gasteiger partial charge in [-0.2, -0.15) is 13.9 Å². The molecule has 0 unspecified atom stereocenters. The summed E-state index contributed by atoms with van der Waals surface area (Å²) in [6.07, 6.45) is 5.60. The third-order valence-corrected chi connectivity index (χ3v) is 5.40. The second-order valence-corrected chi connectivity index (χ2v) is 7.66. The van der Waals surface area contributed by atoms with Crippen molar-refractivity contribution in [3.63, 3.8) is 0 Å². The highest BCUT2D eigenvalue weighted by atomic mass is 19.3. The molecule has 2 aliphatic heterocycles. The van der Waals surface area contributed by atoms with E-state index in [0.717, 1.165) is 48.6 Å². The summed E-state index contributed by atoms with van der Waals surface area (Å²) in [5, 5.41) is 13.6. The lowest BCUT2D eigenvalue weighted by atomic mass is 10.1. The van der Waals surface area contributed by atoms with Gasteiger partial charge in [0.05, 0.1) is 23.4 Å². The van der Waals surface area contributed by atoms with Crippen LogP contribution >= 0.6 is 0 Å². The lowest BCUT2D eigenvalue weighted by Gasteiger charge is -2.35. The molecule has 2 aromatic heterocycles. The third-order valence-electron chi connectivity index (χ3n) is 5.40. The molecule has 1 N–H and O–H groups in total. The summed E-state index contributed by atoms with van der Waals surface area (Å²) in [4.78, 5) is 16.4. The number of aliphatic hydroxyl groups excluding tert-OH is 1. The summed E-state index contributed by atoms with van der Waals surface area (Å²) in [6.45, 7) is 0.127. The lowest BCUT2D eigenvalue weighted by molar-refractivity contribution is -0.0498. The molecule has 1 aromatic carbocycles. The number of hydrogen-bond donors (Lipinski definition) is 1. The summed E-state index contributed by atoms with van der Waals surface area (Å²) in [5.41, 5.74) is 2.60. The highest BCUT2D eigenvalue weighted by Crippen LogP contribution is 2.24. The van der Waals surface area contributed by atoms with Gasteiger partial charge in [0.15, 0.2) is 0 Å². The fraction of sp³-hybridized carbons (Fsp3) is 0.364. The first kappa shape index (κ1) is 21.9. The Morgan fingerprint density at radius 1 is 1.12 bits per heavy atom. The van der Waals surface area contributed by atoms with E-state index in [2.05, 4.69) is 14.7 Å². The Labute approximate surface area is 182 Å². The van der Waals surface area contributed by atoms with Crippen molar-refractivity contribution in [1.82, 2.24) is 14.5 Å². The van der Waals surface area contributed by atoms with E-state index in [1.165, 1.54) is 12.8 Å². The van der Waals surface area contributed by atoms with Gasteiger partial charge < -0.3 is 19.6 Å². The van der Waals surface area contributed by atoms with Crippen molar-refractivity contribution in [2.45, 2.75) is 25.6 Å². The zero-order valence-electron chi connectivity index (χ0n) is 17.2. The van der Waals surface area contributed by atoms with Crippen LogP contribution in [-0.2, 0) is 0 Å². The zero-order valence-corrected chi connectivity index (χ0v) is 17.2. The van der Waals surface area contributed by atoms with Crippen LogP contribution in [0.1, 0.15) is 23.2 Å². The molecular formula is C22H23F3N4O3. The number of pyridine rings is 1. The van der Waals surface area contributed by atoms with Crippen LogP contribution < -0.4 is 9.64 Å². The third kappa shape index (κ3) is 4.96. The van der Waals surface area contributed by atoms with Crippen molar-refractivity contribution in [3.05, 3.63) is 60.2 Å². The Morgan fingerprint density at radius 2 is 1.81 bits per heavy atom. The van der Waals surface area contributed by atoms with Gasteiger partial charge in [-0.25, -0.2) is 8.91 Å². The summed E-state index contributed by atoms with van der Waals surface area (Å²) in [7, 11) is 0. The SMILES string of the molecule is Fc1ccc(OC(F)F)cc1.O=C(c1cnn2ccc(N3CCCC3)cc12)N1CC(O)C1. The molecule has 1 amide bonds. The van der Waals surface area contributed by atoms with E-state index >= 15 is 0 Å². The summed E-state index contributed by atoms with van der Waals surface area (Å²) in [5.74, 6) is -0.568. The highest BCUT2D eigenvalue weighted by molar-refractivity contribution is 6.01. The van der Waals surface area contributed by atoms with Crippen molar-refractivity contribution in [3.8, 4) is 5.75 Å². The Morgan fingerprint density at radius 3 is 2.44 bits per heavy atom. The Balaban J connectivity index is 0.000000189. The number of carbonyl (C=O) groups excluding carboxylic acids is 1. The van der Waals surface area contributed by atoms with Crippen LogP contribution in [0.15, 0.2) is 48.8 Å². The van der Waals surface area contributed by atoms with Crippen molar-refractivity contribution >= 4 is 17.1 Å². The van der Waals surface area contributed by atoms with E-state index in [4.69, 9.17) is 0 Å². The maximum absolute atomic E-state index is 12.4. The Bertz CT molecular complexity index is 1060. The van der Waals surface area contributed by atoms with E-state index in [0.29, 0.717) is 18.7 Å². The minimum Gasteiger partial charge on any atom is -0.435 e. The van der Waals surface area contributed by atoms with Gasteiger partial charge in [-0.3, -0.25) is 4.79 Å². The molecule has 0 saturated carbocycles. The number of halogens is 3. The van der Waals surface area contributed by atoms with Crippen LogP contribution in [0.25, 0.3) is 5.52 Å². The molecule has 170 valence electrons. The molecule has 2 aliphatic rings. The molecule has 2 fully saturated rings. The topological polar surface area (TPSA) is 70.3 Å². The van der Waals surface area contributed by atoms with E-state index in [1.807, 2.05) is 18.3 Å². The van der Waals surface area contributed by atoms with Gasteiger partial charge in [0.1, 0.15) is 11.6 Å². The minimum absolute atomic E-state index is 0.0404. The number of nitrogens with zero attached hydrogens (tertiary/aromatic N) is 4. The molecule has 32 heavy (non-hydrogen) atoms. The largest absolute Gasteiger partial charge is 0.435 e. The monoisotopic (exact) mass is 448 g/mol. The number of ether oxygens (including phenoxy) is 1. The second-order valence-electron chi connectivity index (χ2n) is 7.66. The first-order valence-electron chi connectivity index (χ1n) is 10.3. The van der Waals surface area contributed by atoms with E-state index in [1.54, 1.807) is 15.6 Å². The molecule has 0 radical (unpaired) electrons. The fourth-order valence-corrected chi connectivity index (χ4v) is 3.71. The number of benzene rings is 1. The maximum atomic E-state index is 12.4. The van der Waals surface area contributed by atoms with Gasteiger partial charge in [-0.15, -0.1) is 0 Å². The summed E-state index contributed by atoms with van der Waals surface area (Å²) < 4.78 is 40.9. The molecule has 0 atom stereocenters. The average molecular weight is 448 g/mol. The van der Waals surface area contributed by atoms with Crippen LogP contribution in [-0.4, -0.2) is 64.4 Å². The van der Waals surface area contributed by atoms with Crippen LogP contribution in [0.5, 0.6) is 5.75 Å². The van der Waals surface area contributed by atoms with Gasteiger partial charge in [-0.1, -0.05) is 0 Å². The summed E-state index contributed by atoms with van der Waals surface area (Å²) in [6, 6.07) is 8.48. The molecule has 0 spiro atoms. The molecule has 10 heteroatoms. The minimum atomic E-state index is -2.86. The average Bonchev–Trinajstić information content (AvgIpc) is 3.42. The van der Waals surface area contributed by atoms with Crippen LogP contribution in [0.4, 0.5) is 18.9 Å². The van der Waals surface area contributed by atoms with E-state index < -0.39 is 12.4 Å². The van der Waals surface area contributed by atoms with Crippen LogP contribution in [0.2, 0.25) is 0 Å². The predicted molar refractivity (Wildman–Crippen MR) is 112 cm³/mol. The molecule has 0 bridgehead atoms. The molecule has 7 nitrogen and oxygen atoms in total. The number of fused-ring (bicyclic) bond motifs is 1. The smallest absolute Gasteiger partial charge is 0.387 e. The van der Waals surface area contributed by atoms with Crippen molar-refractivity contribution in [2.75, 3.05) is 31.1 Å². The molecule has 4 heterocycles. The number of aromatic nitrogens is 2. The molecule has 5 rings (SSSR count). The Kier molecular flexibility index (Phi) is 6.50. The molecule has 0 aliphatic carbocycles. The van der Waals surface area contributed by atoms with E-state index in [-0.39, 0.29) is 17.8 Å². The highest BCUT2D eigenvalue weighted by Gasteiger charge is 2.31. The normalized spacial score (nSPS) is 16.2. The van der Waals surface area contributed by atoms with Crippen LogP contribution in [0, 0.1) is 5.82 Å². The first-order chi connectivity index (χ1) is 15.4. The number of β-amino-alcohol motifs (C(OH)–C–C–N with tert-alkyl or cyclic N) is 1. The van der Waals surface area contributed by atoms with Crippen molar-refractivity contribution < 1.29 is 27.8 Å². The number of carbonyl (C=O) groups is 1. The predicted octanol–water partition coefficient (Wildman–Crippen LogP) is 3.18. The number of alkyl halides is 2. The van der Waals surface area contributed by atoms with Crippen LogP contribution in [0.3, 0.4) is 0 Å². The lowest BCUT2D eigenvalue weighted by Crippen LogP contribution is -2.53. The Hall–Kier alpha value is -3.27. The quantitative estimate of drug-likeness (QED) is 0.664. The zero-order chi connectivity index (χ0) is 22.7. The fourth-order valence-electron chi connectivity index (χ4n) is 3.71. The number of aliphatic hydroxyl groups is 1. The molecule has 2 saturated heterocycles. The van der Waals surface area contributed by atoms with Gasteiger partial charge in [0.2, 0.25) is 0 Å². The van der Waals surface area contributed by atoms with E-state index in [9.17, 15) is 23.1 Å². The number of anilines is 1. The van der Waals surface area contributed by atoms with Gasteiger partial charge in [0.25, 0.3) is 5.91 Å². The standard InChI is InChI=1S/C15H18N4O2.C7H5F3O/c20-12-9-18(10-12)15(21)13-8-16-19-6-3-11(7-14(13)19)17-4-1-2-5-17;8-5-1-3-6(4-2-5)11-7(9)10/h3,6-8,12,20H,1-2,4-5,9-10H2;1-4,7H. The van der Waals surface area contributed by atoms with Crippen molar-refractivity contribution in [1.29, 1.82) is 0 Å². The molecular weight excluding hydrogens is 425 g/mol. The number of amides is 1. The van der Waals surface area contributed by atoms with Crippen molar-refractivity contribution in [2.24, 2.45) is 0 Å². The van der Waals surface area contributed by atoms with Gasteiger partial charge in [0, 0.05) is 38.1 Å². The first-order valence-corrected chi connectivity index (χ1v) is 10.3. The number of rotatable bonds is 4. The summed E-state index contributed by atoms with van der Waals surface area (Å²) >= 11 is 0. The molecule has 3 aromatic rings. The van der Waals surface area contributed by atoms with Gasteiger partial charge >= 0.3 is 6.61 Å². The number of hydrogen-bond acceptors (Lipinski definition) is 5. The maximum Gasteiger partial charge on any atom is 0.387 e.